The van der Waals surface area contributed by atoms with E-state index in [-0.39, 0.29) is 24.8 Å². The predicted octanol–water partition coefficient (Wildman–Crippen LogP) is 3.84. The number of rotatable bonds is 5. The van der Waals surface area contributed by atoms with Gasteiger partial charge in [0.15, 0.2) is 0 Å². The number of benzene rings is 2. The summed E-state index contributed by atoms with van der Waals surface area (Å²) < 4.78 is 13.4. The molecule has 136 valence electrons. The Morgan fingerprint density at radius 2 is 2.04 bits per heavy atom. The van der Waals surface area contributed by atoms with Crippen molar-refractivity contribution in [2.45, 2.75) is 12.8 Å². The molecule has 2 amide bonds. The maximum Gasteiger partial charge on any atom is 0.227 e. The van der Waals surface area contributed by atoms with Crippen molar-refractivity contribution >= 4 is 40.7 Å². The third kappa shape index (κ3) is 4.34. The molecule has 1 heterocycles. The van der Waals surface area contributed by atoms with Gasteiger partial charge in [-0.25, -0.2) is 4.39 Å². The molecule has 0 spiro atoms. The van der Waals surface area contributed by atoms with Crippen LogP contribution in [0.1, 0.15) is 12.0 Å². The van der Waals surface area contributed by atoms with Crippen LogP contribution in [0.4, 0.5) is 10.1 Å². The standard InChI is InChI=1S/C19H17Cl2FN2O2/c20-14-5-4-12(17(21)9-14)6-7-23-19(26)13-8-18(25)24(11-13)16-3-1-2-15(22)10-16/h1-5,9-10,13H,6-8,11H2,(H,23,26)/t13-/m0/s1. The minimum atomic E-state index is -0.452. The average Bonchev–Trinajstić information content (AvgIpc) is 2.99. The zero-order valence-electron chi connectivity index (χ0n) is 13.8. The summed E-state index contributed by atoms with van der Waals surface area (Å²) in [7, 11) is 0. The normalized spacial score (nSPS) is 16.8. The fourth-order valence-electron chi connectivity index (χ4n) is 2.97. The van der Waals surface area contributed by atoms with Crippen molar-refractivity contribution in [1.82, 2.24) is 5.32 Å². The van der Waals surface area contributed by atoms with Crippen LogP contribution < -0.4 is 10.2 Å². The minimum absolute atomic E-state index is 0.115. The molecule has 1 atom stereocenters. The number of carbonyl (C=O) groups is 2. The number of nitrogens with one attached hydrogen (secondary N) is 1. The van der Waals surface area contributed by atoms with Gasteiger partial charge in [-0.15, -0.1) is 0 Å². The predicted molar refractivity (Wildman–Crippen MR) is 100 cm³/mol. The van der Waals surface area contributed by atoms with Gasteiger partial charge < -0.3 is 10.2 Å². The van der Waals surface area contributed by atoms with Crippen LogP contribution in [0.3, 0.4) is 0 Å². The maximum absolute atomic E-state index is 13.4. The van der Waals surface area contributed by atoms with E-state index < -0.39 is 11.7 Å². The molecule has 0 aliphatic carbocycles. The molecule has 0 bridgehead atoms. The van der Waals surface area contributed by atoms with Crippen LogP contribution in [0.25, 0.3) is 0 Å². The Morgan fingerprint density at radius 1 is 1.23 bits per heavy atom. The van der Waals surface area contributed by atoms with Gasteiger partial charge in [-0.1, -0.05) is 35.3 Å². The van der Waals surface area contributed by atoms with Gasteiger partial charge in [0, 0.05) is 35.2 Å². The highest BCUT2D eigenvalue weighted by molar-refractivity contribution is 6.35. The minimum Gasteiger partial charge on any atom is -0.355 e. The number of hydrogen-bond acceptors (Lipinski definition) is 2. The Hall–Kier alpha value is -2.11. The van der Waals surface area contributed by atoms with Crippen LogP contribution in [-0.2, 0) is 16.0 Å². The van der Waals surface area contributed by atoms with Gasteiger partial charge in [-0.2, -0.15) is 0 Å². The second kappa shape index (κ2) is 8.06. The number of amides is 2. The molecular weight excluding hydrogens is 378 g/mol. The molecule has 2 aromatic carbocycles. The molecule has 0 saturated carbocycles. The van der Waals surface area contributed by atoms with Crippen molar-refractivity contribution in [3.05, 3.63) is 63.9 Å². The topological polar surface area (TPSA) is 49.4 Å². The highest BCUT2D eigenvalue weighted by Crippen LogP contribution is 2.26. The second-order valence-electron chi connectivity index (χ2n) is 6.16. The summed E-state index contributed by atoms with van der Waals surface area (Å²) in [6, 6.07) is 11.0. The van der Waals surface area contributed by atoms with Gasteiger partial charge in [0.1, 0.15) is 5.82 Å². The van der Waals surface area contributed by atoms with Gasteiger partial charge in [0.25, 0.3) is 0 Å². The first-order valence-electron chi connectivity index (χ1n) is 8.21. The van der Waals surface area contributed by atoms with Crippen LogP contribution in [0.5, 0.6) is 0 Å². The Labute approximate surface area is 160 Å². The highest BCUT2D eigenvalue weighted by Gasteiger charge is 2.35. The quantitative estimate of drug-likeness (QED) is 0.837. The molecule has 1 saturated heterocycles. The van der Waals surface area contributed by atoms with Crippen molar-refractivity contribution in [3.63, 3.8) is 0 Å². The number of hydrogen-bond donors (Lipinski definition) is 1. The third-order valence-electron chi connectivity index (χ3n) is 4.32. The summed E-state index contributed by atoms with van der Waals surface area (Å²) >= 11 is 12.0. The first kappa shape index (κ1) is 18.7. The largest absolute Gasteiger partial charge is 0.355 e. The molecule has 2 aromatic rings. The lowest BCUT2D eigenvalue weighted by atomic mass is 10.1. The van der Waals surface area contributed by atoms with E-state index >= 15 is 0 Å². The molecule has 1 aliphatic rings. The van der Waals surface area contributed by atoms with Gasteiger partial charge >= 0.3 is 0 Å². The van der Waals surface area contributed by atoms with Crippen LogP contribution in [0.15, 0.2) is 42.5 Å². The highest BCUT2D eigenvalue weighted by atomic mass is 35.5. The zero-order valence-corrected chi connectivity index (χ0v) is 15.4. The first-order valence-corrected chi connectivity index (χ1v) is 8.97. The molecule has 1 N–H and O–H groups in total. The molecule has 0 radical (unpaired) electrons. The molecule has 0 aromatic heterocycles. The van der Waals surface area contributed by atoms with E-state index in [2.05, 4.69) is 5.32 Å². The van der Waals surface area contributed by atoms with Crippen molar-refractivity contribution < 1.29 is 14.0 Å². The Kier molecular flexibility index (Phi) is 5.79. The molecule has 7 heteroatoms. The fourth-order valence-corrected chi connectivity index (χ4v) is 3.47. The molecule has 1 fully saturated rings. The summed E-state index contributed by atoms with van der Waals surface area (Å²) in [5.74, 6) is -1.24. The lowest BCUT2D eigenvalue weighted by Gasteiger charge is -2.16. The molecule has 0 unspecified atom stereocenters. The number of nitrogens with zero attached hydrogens (tertiary/aromatic N) is 1. The van der Waals surface area contributed by atoms with Crippen molar-refractivity contribution in [3.8, 4) is 0 Å². The Balaban J connectivity index is 1.55. The van der Waals surface area contributed by atoms with E-state index in [9.17, 15) is 14.0 Å². The van der Waals surface area contributed by atoms with Crippen molar-refractivity contribution in [2.75, 3.05) is 18.0 Å². The fraction of sp³-hybridized carbons (Fsp3) is 0.263. The Bertz CT molecular complexity index is 844. The molecule has 26 heavy (non-hydrogen) atoms. The summed E-state index contributed by atoms with van der Waals surface area (Å²) in [5.41, 5.74) is 1.36. The van der Waals surface area contributed by atoms with E-state index in [1.807, 2.05) is 6.07 Å². The van der Waals surface area contributed by atoms with E-state index in [1.165, 1.54) is 17.0 Å². The molecule has 1 aliphatic heterocycles. The van der Waals surface area contributed by atoms with E-state index in [4.69, 9.17) is 23.2 Å². The van der Waals surface area contributed by atoms with Crippen LogP contribution in [-0.4, -0.2) is 24.9 Å². The number of carbonyl (C=O) groups excluding carboxylic acids is 2. The number of halogens is 3. The summed E-state index contributed by atoms with van der Waals surface area (Å²) in [4.78, 5) is 26.0. The summed E-state index contributed by atoms with van der Waals surface area (Å²) in [5, 5.41) is 3.95. The second-order valence-corrected chi connectivity index (χ2v) is 7.01. The van der Waals surface area contributed by atoms with Gasteiger partial charge in [0.2, 0.25) is 11.8 Å². The van der Waals surface area contributed by atoms with E-state index in [1.54, 1.807) is 24.3 Å². The van der Waals surface area contributed by atoms with Crippen molar-refractivity contribution in [1.29, 1.82) is 0 Å². The zero-order chi connectivity index (χ0) is 18.7. The average molecular weight is 395 g/mol. The van der Waals surface area contributed by atoms with E-state index in [0.29, 0.717) is 28.7 Å². The molecule has 4 nitrogen and oxygen atoms in total. The van der Waals surface area contributed by atoms with Gasteiger partial charge in [-0.3, -0.25) is 9.59 Å². The van der Waals surface area contributed by atoms with Crippen molar-refractivity contribution in [2.24, 2.45) is 5.92 Å². The first-order chi connectivity index (χ1) is 12.4. The maximum atomic E-state index is 13.4. The van der Waals surface area contributed by atoms with Gasteiger partial charge in [0.05, 0.1) is 5.92 Å². The van der Waals surface area contributed by atoms with E-state index in [0.717, 1.165) is 5.56 Å². The summed E-state index contributed by atoms with van der Waals surface area (Å²) in [6.07, 6.45) is 0.681. The van der Waals surface area contributed by atoms with Crippen LogP contribution in [0.2, 0.25) is 10.0 Å². The molecular formula is C19H17Cl2FN2O2. The van der Waals surface area contributed by atoms with Crippen LogP contribution in [0, 0.1) is 11.7 Å². The van der Waals surface area contributed by atoms with Crippen LogP contribution >= 0.6 is 23.2 Å². The monoisotopic (exact) mass is 394 g/mol. The summed E-state index contributed by atoms with van der Waals surface area (Å²) in [6.45, 7) is 0.653. The third-order valence-corrected chi connectivity index (χ3v) is 4.91. The Morgan fingerprint density at radius 3 is 2.77 bits per heavy atom. The smallest absolute Gasteiger partial charge is 0.227 e. The van der Waals surface area contributed by atoms with Gasteiger partial charge in [-0.05, 0) is 42.3 Å². The number of anilines is 1. The SMILES string of the molecule is O=C(NCCc1ccc(Cl)cc1Cl)[C@H]1CC(=O)N(c2cccc(F)c2)C1. The molecule has 3 rings (SSSR count). The lowest BCUT2D eigenvalue weighted by molar-refractivity contribution is -0.126. The lowest BCUT2D eigenvalue weighted by Crippen LogP contribution is -2.34.